The Kier molecular flexibility index (Phi) is 5.38. The molecule has 0 spiro atoms. The van der Waals surface area contributed by atoms with Crippen LogP contribution in [0.1, 0.15) is 23.2 Å². The Bertz CT molecular complexity index is 1390. The molecule has 0 saturated carbocycles. The number of anilines is 1. The highest BCUT2D eigenvalue weighted by atomic mass is 32.2. The first-order chi connectivity index (χ1) is 16.6. The van der Waals surface area contributed by atoms with E-state index in [1.807, 2.05) is 0 Å². The summed E-state index contributed by atoms with van der Waals surface area (Å²) in [5, 5.41) is 5.37. The molecule has 0 unspecified atom stereocenters. The molecular formula is C22H20F3N5O4S. The molecule has 0 amide bonds. The molecule has 0 atom stereocenters. The van der Waals surface area contributed by atoms with Gasteiger partial charge in [0.25, 0.3) is 0 Å². The molecule has 13 heteroatoms. The lowest BCUT2D eigenvalue weighted by Gasteiger charge is -2.32. The van der Waals surface area contributed by atoms with Crippen LogP contribution in [0, 0.1) is 0 Å². The third-order valence-electron chi connectivity index (χ3n) is 5.62. The number of aromatic nitrogens is 2. The molecular weight excluding hydrogens is 487 g/mol. The lowest BCUT2D eigenvalue weighted by atomic mass is 9.98. The summed E-state index contributed by atoms with van der Waals surface area (Å²) in [7, 11) is -3.95. The number of para-hydroxylation sites is 1. The zero-order chi connectivity index (χ0) is 25.0. The first-order valence-corrected chi connectivity index (χ1v) is 12.2. The van der Waals surface area contributed by atoms with Crippen molar-refractivity contribution < 1.29 is 31.1 Å². The van der Waals surface area contributed by atoms with Crippen molar-refractivity contribution in [2.75, 3.05) is 30.8 Å². The maximum Gasteiger partial charge on any atom is 0.420 e. The molecule has 2 aromatic rings. The van der Waals surface area contributed by atoms with Crippen molar-refractivity contribution in [1.82, 2.24) is 19.6 Å². The second-order valence-corrected chi connectivity index (χ2v) is 9.95. The molecule has 9 nitrogen and oxygen atoms in total. The molecule has 3 aliphatic heterocycles. The maximum absolute atomic E-state index is 14.6. The number of alkyl halides is 3. The molecule has 1 fully saturated rings. The molecule has 184 valence electrons. The van der Waals surface area contributed by atoms with Gasteiger partial charge in [-0.25, -0.2) is 8.42 Å². The molecule has 3 aliphatic rings. The van der Waals surface area contributed by atoms with Crippen molar-refractivity contribution >= 4 is 32.8 Å². The van der Waals surface area contributed by atoms with Crippen LogP contribution < -0.4 is 20.1 Å². The van der Waals surface area contributed by atoms with Gasteiger partial charge in [-0.3, -0.25) is 4.31 Å². The van der Waals surface area contributed by atoms with Crippen LogP contribution in [0.25, 0.3) is 17.0 Å². The highest BCUT2D eigenvalue weighted by molar-refractivity contribution is 7.89. The monoisotopic (exact) mass is 507 g/mol. The summed E-state index contributed by atoms with van der Waals surface area (Å²) in [6.07, 6.45) is -4.77. The van der Waals surface area contributed by atoms with Gasteiger partial charge in [-0.2, -0.15) is 23.1 Å². The van der Waals surface area contributed by atoms with Gasteiger partial charge < -0.3 is 20.1 Å². The highest BCUT2D eigenvalue weighted by Gasteiger charge is 2.47. The van der Waals surface area contributed by atoms with Crippen LogP contribution in [0.4, 0.5) is 19.0 Å². The number of allylic oxidation sites excluding steroid dienone is 1. The van der Waals surface area contributed by atoms with Crippen LogP contribution in [0.5, 0.6) is 11.8 Å². The summed E-state index contributed by atoms with van der Waals surface area (Å²) in [6.45, 7) is 7.80. The van der Waals surface area contributed by atoms with Crippen LogP contribution in [0.2, 0.25) is 0 Å². The number of fused-ring (bicyclic) bond motifs is 5. The van der Waals surface area contributed by atoms with Gasteiger partial charge in [-0.15, -0.1) is 0 Å². The van der Waals surface area contributed by atoms with Crippen LogP contribution in [0.15, 0.2) is 43.2 Å². The minimum atomic E-state index is -4.96. The van der Waals surface area contributed by atoms with Gasteiger partial charge in [0.05, 0.1) is 17.0 Å². The van der Waals surface area contributed by atoms with Crippen LogP contribution in [0.3, 0.4) is 0 Å². The van der Waals surface area contributed by atoms with E-state index in [1.165, 1.54) is 0 Å². The van der Waals surface area contributed by atoms with E-state index < -0.39 is 33.2 Å². The number of sulfonamides is 1. The second kappa shape index (κ2) is 8.18. The maximum atomic E-state index is 14.6. The largest absolute Gasteiger partial charge is 0.489 e. The molecule has 2 bridgehead atoms. The summed E-state index contributed by atoms with van der Waals surface area (Å²) >= 11 is 0. The zero-order valence-corrected chi connectivity index (χ0v) is 19.1. The smallest absolute Gasteiger partial charge is 0.420 e. The number of nitrogens with zero attached hydrogens (tertiary/aromatic N) is 3. The van der Waals surface area contributed by atoms with E-state index in [-0.39, 0.29) is 60.8 Å². The zero-order valence-electron chi connectivity index (χ0n) is 18.3. The molecule has 0 aliphatic carbocycles. The van der Waals surface area contributed by atoms with Crippen molar-refractivity contribution in [2.45, 2.75) is 12.6 Å². The van der Waals surface area contributed by atoms with Crippen molar-refractivity contribution in [2.24, 2.45) is 0 Å². The molecule has 0 radical (unpaired) electrons. The number of halogens is 3. The Hall–Kier alpha value is -3.74. The van der Waals surface area contributed by atoms with Gasteiger partial charge in [-0.1, -0.05) is 25.3 Å². The van der Waals surface area contributed by atoms with E-state index in [4.69, 9.17) is 9.47 Å². The number of hydrogen-bond acceptors (Lipinski definition) is 8. The SMILES string of the molecule is C=C1Nc2nc(nc3c2C(C(F)(F)F)=C(N2CCCS2(=O)=O)NC3=C)OCCOc2ccccc21. The first-order valence-electron chi connectivity index (χ1n) is 10.6. The first kappa shape index (κ1) is 23.0. The predicted molar refractivity (Wildman–Crippen MR) is 122 cm³/mol. The van der Waals surface area contributed by atoms with Crippen molar-refractivity contribution in [3.8, 4) is 11.8 Å². The van der Waals surface area contributed by atoms with Crippen molar-refractivity contribution in [1.29, 1.82) is 0 Å². The minimum Gasteiger partial charge on any atom is -0.489 e. The van der Waals surface area contributed by atoms with Crippen molar-refractivity contribution in [3.63, 3.8) is 0 Å². The van der Waals surface area contributed by atoms with Gasteiger partial charge in [0.1, 0.15) is 41.9 Å². The Balaban J connectivity index is 1.75. The standard InChI is InChI=1S/C22H20F3N5O4S/c1-12-14-6-3-4-7-15(14)33-9-10-34-21-28-18-13(2)27-20(30-8-5-11-35(30,31)32)17(22(23,24)25)16(18)19(26-12)29-21/h3-4,6-7,27H,1-2,5,8-11H2,(H,26,28,29). The van der Waals surface area contributed by atoms with Crippen LogP contribution in [-0.2, 0) is 10.0 Å². The Morgan fingerprint density at radius 3 is 2.49 bits per heavy atom. The second-order valence-electron chi connectivity index (χ2n) is 7.94. The van der Waals surface area contributed by atoms with Gasteiger partial charge >= 0.3 is 12.2 Å². The van der Waals surface area contributed by atoms with E-state index in [9.17, 15) is 21.6 Å². The molecule has 1 saturated heterocycles. The number of rotatable bonds is 1. The molecule has 1 aromatic carbocycles. The number of ether oxygens (including phenoxy) is 2. The van der Waals surface area contributed by atoms with Gasteiger partial charge in [0.15, 0.2) is 0 Å². The van der Waals surface area contributed by atoms with Crippen LogP contribution in [-0.4, -0.2) is 54.4 Å². The fourth-order valence-corrected chi connectivity index (χ4v) is 5.66. The van der Waals surface area contributed by atoms with Gasteiger partial charge in [0, 0.05) is 17.8 Å². The molecule has 1 aromatic heterocycles. The predicted octanol–water partition coefficient (Wildman–Crippen LogP) is 3.17. The number of benzene rings is 1. The number of nitrogens with one attached hydrogen (secondary N) is 2. The molecule has 5 rings (SSSR count). The highest BCUT2D eigenvalue weighted by Crippen LogP contribution is 2.46. The third-order valence-corrected chi connectivity index (χ3v) is 7.46. The van der Waals surface area contributed by atoms with E-state index in [0.29, 0.717) is 11.3 Å². The fraction of sp³-hybridized carbons (Fsp3) is 0.273. The molecule has 4 heterocycles. The topological polar surface area (TPSA) is 106 Å². The van der Waals surface area contributed by atoms with E-state index in [1.54, 1.807) is 24.3 Å². The lowest BCUT2D eigenvalue weighted by Crippen LogP contribution is -2.39. The molecule has 35 heavy (non-hydrogen) atoms. The number of hydrogen-bond donors (Lipinski definition) is 2. The van der Waals surface area contributed by atoms with Gasteiger partial charge in [-0.05, 0) is 18.6 Å². The Labute approximate surface area is 199 Å². The van der Waals surface area contributed by atoms with Crippen molar-refractivity contribution in [3.05, 3.63) is 60.1 Å². The van der Waals surface area contributed by atoms with Crippen LogP contribution >= 0.6 is 0 Å². The molecule has 2 N–H and O–H groups in total. The minimum absolute atomic E-state index is 0.0260. The lowest BCUT2D eigenvalue weighted by molar-refractivity contribution is -0.0702. The normalized spacial score (nSPS) is 19.5. The van der Waals surface area contributed by atoms with Gasteiger partial charge in [0.2, 0.25) is 10.0 Å². The average Bonchev–Trinajstić information content (AvgIpc) is 3.14. The Morgan fingerprint density at radius 2 is 1.77 bits per heavy atom. The van der Waals surface area contributed by atoms with E-state index >= 15 is 0 Å². The Morgan fingerprint density at radius 1 is 1.03 bits per heavy atom. The third kappa shape index (κ3) is 4.05. The summed E-state index contributed by atoms with van der Waals surface area (Å²) in [4.78, 5) is 8.32. The summed E-state index contributed by atoms with van der Waals surface area (Å²) in [5.74, 6) is -0.695. The summed E-state index contributed by atoms with van der Waals surface area (Å²) in [5.41, 5.74) is -1.16. The average molecular weight is 507 g/mol. The quantitative estimate of drug-likeness (QED) is 0.607. The van der Waals surface area contributed by atoms with E-state index in [0.717, 1.165) is 4.31 Å². The van der Waals surface area contributed by atoms with E-state index in [2.05, 4.69) is 33.8 Å². The fourth-order valence-electron chi connectivity index (χ4n) is 4.12. The summed E-state index contributed by atoms with van der Waals surface area (Å²) in [6, 6.07) is 6.67. The summed E-state index contributed by atoms with van der Waals surface area (Å²) < 4.78 is 80.7.